The summed E-state index contributed by atoms with van der Waals surface area (Å²) in [5, 5.41) is 3.35. The van der Waals surface area contributed by atoms with Gasteiger partial charge in [-0.05, 0) is 13.0 Å². The maximum Gasteiger partial charge on any atom is 0.0621 e. The summed E-state index contributed by atoms with van der Waals surface area (Å²) in [7, 11) is 0. The van der Waals surface area contributed by atoms with Gasteiger partial charge in [0.2, 0.25) is 0 Å². The van der Waals surface area contributed by atoms with Gasteiger partial charge in [-0.2, -0.15) is 0 Å². The summed E-state index contributed by atoms with van der Waals surface area (Å²) >= 11 is 0. The summed E-state index contributed by atoms with van der Waals surface area (Å²) in [4.78, 5) is 0. The largest absolute Gasteiger partial charge is 0.379 e. The van der Waals surface area contributed by atoms with Gasteiger partial charge >= 0.3 is 0 Å². The first kappa shape index (κ1) is 8.97. The molecule has 0 saturated carbocycles. The van der Waals surface area contributed by atoms with E-state index in [-0.39, 0.29) is 6.04 Å². The van der Waals surface area contributed by atoms with Crippen LogP contribution in [0.4, 0.5) is 0 Å². The van der Waals surface area contributed by atoms with Crippen LogP contribution in [-0.4, -0.2) is 32.3 Å². The van der Waals surface area contributed by atoms with Gasteiger partial charge < -0.3 is 15.8 Å². The highest BCUT2D eigenvalue weighted by atomic mass is 16.5. The fraction of sp³-hybridized carbons (Fsp3) is 1.00. The Hall–Kier alpha value is -0.120. The summed E-state index contributed by atoms with van der Waals surface area (Å²) in [5.41, 5.74) is 5.80. The second kappa shape index (κ2) is 4.70. The lowest BCUT2D eigenvalue weighted by Crippen LogP contribution is -2.36. The Bertz CT molecular complexity index is 108. The van der Waals surface area contributed by atoms with Crippen LogP contribution in [0, 0.1) is 5.92 Å². The SMILES string of the molecule is CCCNCC1COCC1N. The van der Waals surface area contributed by atoms with Crippen molar-refractivity contribution in [3.63, 3.8) is 0 Å². The van der Waals surface area contributed by atoms with Crippen molar-refractivity contribution >= 4 is 0 Å². The van der Waals surface area contributed by atoms with E-state index < -0.39 is 0 Å². The fourth-order valence-electron chi connectivity index (χ4n) is 1.29. The van der Waals surface area contributed by atoms with Gasteiger partial charge in [0.25, 0.3) is 0 Å². The zero-order valence-electron chi connectivity index (χ0n) is 7.18. The molecule has 1 fully saturated rings. The number of hydrogen-bond donors (Lipinski definition) is 2. The van der Waals surface area contributed by atoms with E-state index in [1.165, 1.54) is 6.42 Å². The Morgan fingerprint density at radius 3 is 2.91 bits per heavy atom. The van der Waals surface area contributed by atoms with Crippen LogP contribution in [0.25, 0.3) is 0 Å². The number of rotatable bonds is 4. The number of hydrogen-bond acceptors (Lipinski definition) is 3. The Kier molecular flexibility index (Phi) is 3.83. The molecule has 2 unspecified atom stereocenters. The number of nitrogens with two attached hydrogens (primary N) is 1. The minimum Gasteiger partial charge on any atom is -0.379 e. The third kappa shape index (κ3) is 2.77. The molecular weight excluding hydrogens is 140 g/mol. The molecule has 0 amide bonds. The van der Waals surface area contributed by atoms with E-state index in [1.54, 1.807) is 0 Å². The van der Waals surface area contributed by atoms with Gasteiger partial charge in [0, 0.05) is 18.5 Å². The van der Waals surface area contributed by atoms with E-state index in [1.807, 2.05) is 0 Å². The topological polar surface area (TPSA) is 47.3 Å². The summed E-state index contributed by atoms with van der Waals surface area (Å²) < 4.78 is 5.24. The molecule has 3 nitrogen and oxygen atoms in total. The summed E-state index contributed by atoms with van der Waals surface area (Å²) in [6.45, 7) is 5.83. The van der Waals surface area contributed by atoms with Crippen molar-refractivity contribution in [1.29, 1.82) is 0 Å². The fourth-order valence-corrected chi connectivity index (χ4v) is 1.29. The van der Waals surface area contributed by atoms with Crippen molar-refractivity contribution in [2.45, 2.75) is 19.4 Å². The van der Waals surface area contributed by atoms with Crippen LogP contribution in [-0.2, 0) is 4.74 Å². The lowest BCUT2D eigenvalue weighted by Gasteiger charge is -2.12. The quantitative estimate of drug-likeness (QED) is 0.564. The van der Waals surface area contributed by atoms with Crippen LogP contribution in [0.2, 0.25) is 0 Å². The molecule has 1 saturated heterocycles. The van der Waals surface area contributed by atoms with Crippen molar-refractivity contribution in [2.24, 2.45) is 11.7 Å². The molecule has 1 aliphatic heterocycles. The maximum absolute atomic E-state index is 5.80. The molecule has 3 heteroatoms. The molecule has 0 bridgehead atoms. The second-order valence-corrected chi connectivity index (χ2v) is 3.17. The highest BCUT2D eigenvalue weighted by molar-refractivity contribution is 4.79. The summed E-state index contributed by atoms with van der Waals surface area (Å²) in [6, 6.07) is 0.249. The molecule has 0 spiro atoms. The molecule has 1 aliphatic rings. The Labute approximate surface area is 68.3 Å². The van der Waals surface area contributed by atoms with Crippen molar-refractivity contribution < 1.29 is 4.74 Å². The van der Waals surface area contributed by atoms with Crippen LogP contribution < -0.4 is 11.1 Å². The van der Waals surface area contributed by atoms with E-state index in [0.717, 1.165) is 26.3 Å². The maximum atomic E-state index is 5.80. The molecule has 3 N–H and O–H groups in total. The van der Waals surface area contributed by atoms with Crippen molar-refractivity contribution in [1.82, 2.24) is 5.32 Å². The van der Waals surface area contributed by atoms with Gasteiger partial charge in [0.15, 0.2) is 0 Å². The van der Waals surface area contributed by atoms with Gasteiger partial charge in [0.05, 0.1) is 13.2 Å². The highest BCUT2D eigenvalue weighted by Gasteiger charge is 2.23. The normalized spacial score (nSPS) is 31.1. The van der Waals surface area contributed by atoms with E-state index in [9.17, 15) is 0 Å². The van der Waals surface area contributed by atoms with E-state index in [0.29, 0.717) is 5.92 Å². The lowest BCUT2D eigenvalue weighted by molar-refractivity contribution is 0.184. The first-order valence-corrected chi connectivity index (χ1v) is 4.38. The molecule has 2 atom stereocenters. The predicted octanol–water partition coefficient (Wildman–Crippen LogP) is -0.0403. The Morgan fingerprint density at radius 1 is 1.55 bits per heavy atom. The van der Waals surface area contributed by atoms with Crippen molar-refractivity contribution in [2.75, 3.05) is 26.3 Å². The minimum atomic E-state index is 0.249. The summed E-state index contributed by atoms with van der Waals surface area (Å²) in [6.07, 6.45) is 1.18. The lowest BCUT2D eigenvalue weighted by atomic mass is 10.1. The Balaban J connectivity index is 2.05. The zero-order valence-corrected chi connectivity index (χ0v) is 7.18. The van der Waals surface area contributed by atoms with Gasteiger partial charge in [0.1, 0.15) is 0 Å². The van der Waals surface area contributed by atoms with Crippen LogP contribution in [0.1, 0.15) is 13.3 Å². The second-order valence-electron chi connectivity index (χ2n) is 3.17. The molecule has 11 heavy (non-hydrogen) atoms. The summed E-state index contributed by atoms with van der Waals surface area (Å²) in [5.74, 6) is 0.529. The van der Waals surface area contributed by atoms with Gasteiger partial charge in [-0.15, -0.1) is 0 Å². The molecule has 0 aliphatic carbocycles. The van der Waals surface area contributed by atoms with Crippen LogP contribution in [0.3, 0.4) is 0 Å². The predicted molar refractivity (Wildman–Crippen MR) is 45.4 cm³/mol. The molecule has 0 radical (unpaired) electrons. The standard InChI is InChI=1S/C8H18N2O/c1-2-3-10-4-7-5-11-6-8(7)9/h7-8,10H,2-6,9H2,1H3. The third-order valence-corrected chi connectivity index (χ3v) is 2.08. The van der Waals surface area contributed by atoms with Crippen molar-refractivity contribution in [3.8, 4) is 0 Å². The van der Waals surface area contributed by atoms with Gasteiger partial charge in [-0.1, -0.05) is 6.92 Å². The molecule has 0 aromatic heterocycles. The zero-order chi connectivity index (χ0) is 8.10. The van der Waals surface area contributed by atoms with E-state index >= 15 is 0 Å². The number of nitrogens with one attached hydrogen (secondary N) is 1. The Morgan fingerprint density at radius 2 is 2.36 bits per heavy atom. The monoisotopic (exact) mass is 158 g/mol. The van der Waals surface area contributed by atoms with Crippen LogP contribution in [0.5, 0.6) is 0 Å². The van der Waals surface area contributed by atoms with Crippen LogP contribution in [0.15, 0.2) is 0 Å². The third-order valence-electron chi connectivity index (χ3n) is 2.08. The average molecular weight is 158 g/mol. The molecule has 1 rings (SSSR count). The molecule has 0 aromatic rings. The number of ether oxygens (including phenoxy) is 1. The van der Waals surface area contributed by atoms with Gasteiger partial charge in [-0.25, -0.2) is 0 Å². The first-order chi connectivity index (χ1) is 5.34. The minimum absolute atomic E-state index is 0.249. The van der Waals surface area contributed by atoms with Gasteiger partial charge in [-0.3, -0.25) is 0 Å². The molecular formula is C8H18N2O. The molecule has 0 aromatic carbocycles. The van der Waals surface area contributed by atoms with E-state index in [2.05, 4.69) is 12.2 Å². The van der Waals surface area contributed by atoms with Crippen molar-refractivity contribution in [3.05, 3.63) is 0 Å². The molecule has 66 valence electrons. The first-order valence-electron chi connectivity index (χ1n) is 4.38. The van der Waals surface area contributed by atoms with E-state index in [4.69, 9.17) is 10.5 Å². The highest BCUT2D eigenvalue weighted by Crippen LogP contribution is 2.09. The smallest absolute Gasteiger partial charge is 0.0621 e. The average Bonchev–Trinajstić information content (AvgIpc) is 2.37. The molecule has 1 heterocycles. The van der Waals surface area contributed by atoms with Crippen LogP contribution >= 0.6 is 0 Å².